The number of halogens is 2. The highest BCUT2D eigenvalue weighted by Gasteiger charge is 2.30. The number of carbonyl (C=O) groups excluding carboxylic acids is 1. The number of hydrogen-bond acceptors (Lipinski definition) is 7. The number of aliphatic hydroxyl groups is 1. The lowest BCUT2D eigenvalue weighted by atomic mass is 9.91. The molecule has 0 spiro atoms. The first-order valence-electron chi connectivity index (χ1n) is 11.0. The largest absolute Gasteiger partial charge is 0.444 e. The topological polar surface area (TPSA) is 120 Å². The summed E-state index contributed by atoms with van der Waals surface area (Å²) in [6, 6.07) is 7.38. The van der Waals surface area contributed by atoms with Gasteiger partial charge in [0.2, 0.25) is 0 Å². The molecule has 0 radical (unpaired) electrons. The highest BCUT2D eigenvalue weighted by Crippen LogP contribution is 2.27. The highest BCUT2D eigenvalue weighted by atomic mass is 35.5. The number of H-pyrrole nitrogens is 1. The third-order valence-corrected chi connectivity index (χ3v) is 6.89. The van der Waals surface area contributed by atoms with Crippen molar-refractivity contribution in [3.8, 4) is 0 Å². The molecule has 11 heteroatoms. The highest BCUT2D eigenvalue weighted by molar-refractivity contribution is 6.33. The van der Waals surface area contributed by atoms with Crippen molar-refractivity contribution in [2.75, 3.05) is 18.0 Å². The molecule has 0 bridgehead atoms. The predicted octanol–water partition coefficient (Wildman–Crippen LogP) is 2.97. The Morgan fingerprint density at radius 3 is 2.67 bits per heavy atom. The fraction of sp³-hybridized carbons (Fsp3) is 0.500. The summed E-state index contributed by atoms with van der Waals surface area (Å²) in [6.45, 7) is 1.07. The van der Waals surface area contributed by atoms with Crippen LogP contribution in [0.3, 0.4) is 0 Å². The van der Waals surface area contributed by atoms with Crippen molar-refractivity contribution in [3.05, 3.63) is 56.4 Å². The van der Waals surface area contributed by atoms with E-state index in [9.17, 15) is 14.7 Å². The second kappa shape index (κ2) is 10.7. The number of alkyl carbamates (subject to hydrolysis) is 1. The molecule has 4 rings (SSSR count). The van der Waals surface area contributed by atoms with Crippen LogP contribution in [0, 0.1) is 0 Å². The molecular weight excluding hydrogens is 469 g/mol. The van der Waals surface area contributed by atoms with E-state index < -0.39 is 17.9 Å². The van der Waals surface area contributed by atoms with Crippen LogP contribution in [0.2, 0.25) is 10.0 Å². The second-order valence-electron chi connectivity index (χ2n) is 8.44. The van der Waals surface area contributed by atoms with Gasteiger partial charge in [-0.1, -0.05) is 41.4 Å². The Hall–Kier alpha value is -2.33. The monoisotopic (exact) mass is 495 g/mol. The molecule has 1 saturated heterocycles. The van der Waals surface area contributed by atoms with E-state index in [1.165, 1.54) is 6.20 Å². The maximum Gasteiger partial charge on any atom is 0.407 e. The minimum absolute atomic E-state index is 0.0249. The third-order valence-electron chi connectivity index (χ3n) is 6.18. The standard InChI is InChI=1S/C22H27Cl2N5O4/c23-17-4-2-1-3-16(17)20(30)26-13-5-7-14(8-6-13)27-22(32)33-15-9-10-29(12-15)18-11-25-28-21(31)19(18)24/h1-4,11,13-15,20,26,30H,5-10,12H2,(H,27,32)(H,28,31)/t13-,14-,15-,20?/m1/s1. The fourth-order valence-corrected chi connectivity index (χ4v) is 4.85. The summed E-state index contributed by atoms with van der Waals surface area (Å²) in [7, 11) is 0. The average Bonchev–Trinajstić information content (AvgIpc) is 3.25. The number of aromatic amines is 1. The zero-order chi connectivity index (χ0) is 23.4. The van der Waals surface area contributed by atoms with Crippen LogP contribution in [0.25, 0.3) is 0 Å². The quantitative estimate of drug-likeness (QED) is 0.454. The van der Waals surface area contributed by atoms with Crippen LogP contribution in [0.1, 0.15) is 43.9 Å². The van der Waals surface area contributed by atoms with Crippen molar-refractivity contribution in [1.29, 1.82) is 0 Å². The van der Waals surface area contributed by atoms with Crippen molar-refractivity contribution in [2.45, 2.75) is 56.5 Å². The summed E-state index contributed by atoms with van der Waals surface area (Å²) in [5.41, 5.74) is 0.753. The van der Waals surface area contributed by atoms with E-state index in [4.69, 9.17) is 27.9 Å². The number of ether oxygens (including phenoxy) is 1. The van der Waals surface area contributed by atoms with Gasteiger partial charge in [-0.05, 0) is 31.7 Å². The van der Waals surface area contributed by atoms with Gasteiger partial charge in [0, 0.05) is 35.6 Å². The minimum Gasteiger partial charge on any atom is -0.444 e. The first-order chi connectivity index (χ1) is 15.9. The first-order valence-corrected chi connectivity index (χ1v) is 11.8. The molecule has 1 aliphatic heterocycles. The molecular formula is C22H27Cl2N5O4. The van der Waals surface area contributed by atoms with Gasteiger partial charge in [-0.2, -0.15) is 5.10 Å². The van der Waals surface area contributed by atoms with Crippen LogP contribution < -0.4 is 21.1 Å². The van der Waals surface area contributed by atoms with Crippen molar-refractivity contribution < 1.29 is 14.6 Å². The van der Waals surface area contributed by atoms with E-state index >= 15 is 0 Å². The molecule has 2 aromatic rings. The fourth-order valence-electron chi connectivity index (χ4n) is 4.40. The molecule has 1 saturated carbocycles. The zero-order valence-corrected chi connectivity index (χ0v) is 19.5. The number of rotatable bonds is 6. The van der Waals surface area contributed by atoms with Gasteiger partial charge in [0.1, 0.15) is 17.4 Å². The number of carbonyl (C=O) groups is 1. The molecule has 1 aliphatic carbocycles. The molecule has 4 N–H and O–H groups in total. The number of benzene rings is 1. The second-order valence-corrected chi connectivity index (χ2v) is 9.23. The summed E-state index contributed by atoms with van der Waals surface area (Å²) in [5, 5.41) is 23.3. The Morgan fingerprint density at radius 2 is 1.91 bits per heavy atom. The van der Waals surface area contributed by atoms with Crippen molar-refractivity contribution in [1.82, 2.24) is 20.8 Å². The maximum atomic E-state index is 12.4. The lowest BCUT2D eigenvalue weighted by molar-refractivity contribution is 0.0955. The molecule has 1 unspecified atom stereocenters. The van der Waals surface area contributed by atoms with E-state index in [1.54, 1.807) is 12.1 Å². The van der Waals surface area contributed by atoms with Gasteiger partial charge in [0.25, 0.3) is 5.56 Å². The smallest absolute Gasteiger partial charge is 0.407 e. The number of aliphatic hydroxyl groups excluding tert-OH is 1. The third kappa shape index (κ3) is 5.97. The summed E-state index contributed by atoms with van der Waals surface area (Å²) in [5.74, 6) is 0. The van der Waals surface area contributed by atoms with Gasteiger partial charge < -0.3 is 20.1 Å². The van der Waals surface area contributed by atoms with Gasteiger partial charge in [-0.3, -0.25) is 10.1 Å². The molecule has 33 heavy (non-hydrogen) atoms. The molecule has 1 aromatic carbocycles. The van der Waals surface area contributed by atoms with E-state index in [1.807, 2.05) is 17.0 Å². The van der Waals surface area contributed by atoms with Gasteiger partial charge in [0.15, 0.2) is 0 Å². The number of nitrogens with one attached hydrogen (secondary N) is 3. The van der Waals surface area contributed by atoms with Gasteiger partial charge in [-0.15, -0.1) is 0 Å². The number of nitrogens with zero attached hydrogens (tertiary/aromatic N) is 2. The first kappa shape index (κ1) is 23.8. The Morgan fingerprint density at radius 1 is 1.18 bits per heavy atom. The van der Waals surface area contributed by atoms with Crippen LogP contribution in [-0.4, -0.2) is 52.7 Å². The lowest BCUT2D eigenvalue weighted by Gasteiger charge is -2.31. The summed E-state index contributed by atoms with van der Waals surface area (Å²) in [6.07, 6.45) is 3.80. The van der Waals surface area contributed by atoms with Crippen LogP contribution in [0.5, 0.6) is 0 Å². The van der Waals surface area contributed by atoms with Crippen LogP contribution >= 0.6 is 23.2 Å². The normalized spacial score (nSPS) is 23.8. The van der Waals surface area contributed by atoms with E-state index in [0.717, 1.165) is 25.7 Å². The van der Waals surface area contributed by atoms with Gasteiger partial charge >= 0.3 is 6.09 Å². The minimum atomic E-state index is -0.826. The van der Waals surface area contributed by atoms with E-state index in [2.05, 4.69) is 20.8 Å². The van der Waals surface area contributed by atoms with Crippen LogP contribution in [0.15, 0.2) is 35.3 Å². The van der Waals surface area contributed by atoms with Gasteiger partial charge in [-0.25, -0.2) is 9.89 Å². The van der Waals surface area contributed by atoms with Crippen molar-refractivity contribution in [2.24, 2.45) is 0 Å². The van der Waals surface area contributed by atoms with Gasteiger partial charge in [0.05, 0.1) is 18.4 Å². The Bertz CT molecular complexity index is 1030. The number of hydrogen-bond donors (Lipinski definition) is 4. The molecule has 9 nitrogen and oxygen atoms in total. The molecule has 2 aliphatic rings. The van der Waals surface area contributed by atoms with Crippen molar-refractivity contribution in [3.63, 3.8) is 0 Å². The van der Waals surface area contributed by atoms with E-state index in [0.29, 0.717) is 35.8 Å². The summed E-state index contributed by atoms with van der Waals surface area (Å²) < 4.78 is 5.59. The van der Waals surface area contributed by atoms with Crippen LogP contribution in [0.4, 0.5) is 10.5 Å². The molecule has 2 heterocycles. The maximum absolute atomic E-state index is 12.4. The Kier molecular flexibility index (Phi) is 7.75. The van der Waals surface area contributed by atoms with E-state index in [-0.39, 0.29) is 23.2 Å². The molecule has 178 valence electrons. The van der Waals surface area contributed by atoms with Crippen molar-refractivity contribution >= 4 is 35.0 Å². The van der Waals surface area contributed by atoms with Crippen LogP contribution in [-0.2, 0) is 4.74 Å². The zero-order valence-electron chi connectivity index (χ0n) is 18.0. The molecule has 1 amide bonds. The lowest BCUT2D eigenvalue weighted by Crippen LogP contribution is -2.44. The number of anilines is 1. The molecule has 2 atom stereocenters. The average molecular weight is 496 g/mol. The number of amides is 1. The summed E-state index contributed by atoms with van der Waals surface area (Å²) >= 11 is 12.2. The molecule has 1 aromatic heterocycles. The molecule has 2 fully saturated rings. The number of aromatic nitrogens is 2. The summed E-state index contributed by atoms with van der Waals surface area (Å²) in [4.78, 5) is 25.9. The Balaban J connectivity index is 1.19. The SMILES string of the molecule is O=C(N[C@H]1CC[C@H](NC(O)c2ccccc2Cl)CC1)O[C@@H]1CCN(c2cn[nH]c(=O)c2Cl)C1. The Labute approximate surface area is 201 Å². The predicted molar refractivity (Wildman–Crippen MR) is 126 cm³/mol.